The third kappa shape index (κ3) is 8.55. The van der Waals surface area contributed by atoms with Crippen LogP contribution in [0.5, 0.6) is 0 Å². The Morgan fingerprint density at radius 1 is 1.43 bits per heavy atom. The SMILES string of the molecule is CC(N)Cc1ccccc1.NC(=O)O. The Bertz CT molecular complexity index is 256. The number of carbonyl (C=O) groups is 1. The van der Waals surface area contributed by atoms with Crippen LogP contribution in [0.2, 0.25) is 0 Å². The first kappa shape index (κ1) is 12.4. The number of hydrogen-bond donors (Lipinski definition) is 3. The Balaban J connectivity index is 0.000000364. The summed E-state index contributed by atoms with van der Waals surface area (Å²) in [4.78, 5) is 8.78. The van der Waals surface area contributed by atoms with E-state index in [4.69, 9.17) is 15.6 Å². The highest BCUT2D eigenvalue weighted by Crippen LogP contribution is 2.00. The van der Waals surface area contributed by atoms with Gasteiger partial charge in [0.15, 0.2) is 0 Å². The maximum atomic E-state index is 8.78. The largest absolute Gasteiger partial charge is 0.465 e. The fourth-order valence-corrected chi connectivity index (χ4v) is 0.986. The molecule has 1 aromatic rings. The van der Waals surface area contributed by atoms with Gasteiger partial charge in [0.1, 0.15) is 0 Å². The van der Waals surface area contributed by atoms with Crippen LogP contribution in [-0.4, -0.2) is 17.2 Å². The fourth-order valence-electron chi connectivity index (χ4n) is 0.986. The van der Waals surface area contributed by atoms with Crippen molar-refractivity contribution in [3.63, 3.8) is 0 Å². The standard InChI is InChI=1S/C9H13N.CH3NO2/c1-8(10)7-9-5-3-2-4-6-9;2-1(3)4/h2-6,8H,7,10H2,1H3;2H2,(H,3,4). The van der Waals surface area contributed by atoms with Gasteiger partial charge in [-0.2, -0.15) is 0 Å². The van der Waals surface area contributed by atoms with Crippen LogP contribution < -0.4 is 11.5 Å². The second kappa shape index (κ2) is 6.91. The molecule has 0 spiro atoms. The predicted octanol–water partition coefficient (Wildman–Crippen LogP) is 1.20. The normalized spacial score (nSPS) is 11.0. The third-order valence-corrected chi connectivity index (χ3v) is 1.40. The van der Waals surface area contributed by atoms with Crippen molar-refractivity contribution in [2.24, 2.45) is 11.5 Å². The van der Waals surface area contributed by atoms with Gasteiger partial charge < -0.3 is 16.6 Å². The second-order valence-corrected chi connectivity index (χ2v) is 3.01. The molecule has 1 rings (SSSR count). The highest BCUT2D eigenvalue weighted by atomic mass is 16.4. The minimum Gasteiger partial charge on any atom is -0.465 e. The van der Waals surface area contributed by atoms with E-state index in [2.05, 4.69) is 17.9 Å². The van der Waals surface area contributed by atoms with Crippen LogP contribution in [0.3, 0.4) is 0 Å². The molecule has 78 valence electrons. The van der Waals surface area contributed by atoms with Crippen LogP contribution in [0.15, 0.2) is 30.3 Å². The van der Waals surface area contributed by atoms with Gasteiger partial charge in [-0.3, -0.25) is 0 Å². The first-order valence-electron chi connectivity index (χ1n) is 4.30. The van der Waals surface area contributed by atoms with E-state index in [-0.39, 0.29) is 6.04 Å². The summed E-state index contributed by atoms with van der Waals surface area (Å²) in [6.07, 6.45) is -0.360. The van der Waals surface area contributed by atoms with Crippen LogP contribution in [0.4, 0.5) is 4.79 Å². The highest BCUT2D eigenvalue weighted by Gasteiger charge is 1.94. The third-order valence-electron chi connectivity index (χ3n) is 1.40. The summed E-state index contributed by atoms with van der Waals surface area (Å²) in [7, 11) is 0. The molecular weight excluding hydrogens is 180 g/mol. The van der Waals surface area contributed by atoms with Gasteiger partial charge in [-0.1, -0.05) is 30.3 Å². The summed E-state index contributed by atoms with van der Waals surface area (Å²) in [5, 5.41) is 7.19. The van der Waals surface area contributed by atoms with Gasteiger partial charge in [-0.05, 0) is 18.9 Å². The number of benzene rings is 1. The summed E-state index contributed by atoms with van der Waals surface area (Å²) >= 11 is 0. The van der Waals surface area contributed by atoms with E-state index in [1.807, 2.05) is 25.1 Å². The van der Waals surface area contributed by atoms with Gasteiger partial charge in [0.25, 0.3) is 0 Å². The molecule has 0 heterocycles. The Labute approximate surface area is 83.5 Å². The highest BCUT2D eigenvalue weighted by molar-refractivity contribution is 5.61. The van der Waals surface area contributed by atoms with Crippen molar-refractivity contribution in [1.82, 2.24) is 0 Å². The zero-order valence-corrected chi connectivity index (χ0v) is 8.18. The smallest absolute Gasteiger partial charge is 0.402 e. The van der Waals surface area contributed by atoms with Gasteiger partial charge in [-0.25, -0.2) is 4.79 Å². The molecule has 0 saturated heterocycles. The number of primary amides is 1. The molecule has 0 aliphatic heterocycles. The molecule has 1 aromatic carbocycles. The molecule has 5 N–H and O–H groups in total. The van der Waals surface area contributed by atoms with E-state index in [1.54, 1.807) is 0 Å². The topological polar surface area (TPSA) is 89.3 Å². The summed E-state index contributed by atoms with van der Waals surface area (Å²) in [6, 6.07) is 10.6. The molecule has 0 aliphatic carbocycles. The molecule has 14 heavy (non-hydrogen) atoms. The van der Waals surface area contributed by atoms with Crippen molar-refractivity contribution >= 4 is 6.09 Å². The van der Waals surface area contributed by atoms with Crippen molar-refractivity contribution in [2.75, 3.05) is 0 Å². The van der Waals surface area contributed by atoms with Crippen LogP contribution >= 0.6 is 0 Å². The lowest BCUT2D eigenvalue weighted by molar-refractivity contribution is 0.205. The van der Waals surface area contributed by atoms with Crippen LogP contribution in [0.25, 0.3) is 0 Å². The monoisotopic (exact) mass is 196 g/mol. The Hall–Kier alpha value is -1.55. The molecule has 0 radical (unpaired) electrons. The van der Waals surface area contributed by atoms with E-state index in [9.17, 15) is 0 Å². The van der Waals surface area contributed by atoms with E-state index in [0.29, 0.717) is 0 Å². The molecule has 1 amide bonds. The van der Waals surface area contributed by atoms with Gasteiger partial charge in [0.05, 0.1) is 0 Å². The number of rotatable bonds is 2. The number of amides is 1. The Morgan fingerprint density at radius 3 is 2.21 bits per heavy atom. The molecule has 0 bridgehead atoms. The maximum Gasteiger partial charge on any atom is 0.402 e. The molecule has 0 saturated carbocycles. The lowest BCUT2D eigenvalue weighted by Crippen LogP contribution is -2.17. The van der Waals surface area contributed by atoms with E-state index in [0.717, 1.165) is 6.42 Å². The van der Waals surface area contributed by atoms with Crippen LogP contribution in [0, 0.1) is 0 Å². The van der Waals surface area contributed by atoms with E-state index >= 15 is 0 Å². The molecule has 0 aliphatic rings. The van der Waals surface area contributed by atoms with Crippen molar-refractivity contribution < 1.29 is 9.90 Å². The molecule has 4 heteroatoms. The first-order chi connectivity index (χ1) is 6.52. The summed E-state index contributed by atoms with van der Waals surface area (Å²) in [5.41, 5.74) is 11.0. The zero-order chi connectivity index (χ0) is 11.0. The summed E-state index contributed by atoms with van der Waals surface area (Å²) < 4.78 is 0. The quantitative estimate of drug-likeness (QED) is 0.663. The number of carboxylic acid groups (broad SMARTS) is 1. The minimum atomic E-state index is -1.33. The van der Waals surface area contributed by atoms with E-state index < -0.39 is 6.09 Å². The lowest BCUT2D eigenvalue weighted by Gasteiger charge is -2.02. The fraction of sp³-hybridized carbons (Fsp3) is 0.300. The zero-order valence-electron chi connectivity index (χ0n) is 8.18. The molecule has 4 nitrogen and oxygen atoms in total. The van der Waals surface area contributed by atoms with Gasteiger partial charge in [0, 0.05) is 6.04 Å². The van der Waals surface area contributed by atoms with Crippen LogP contribution in [-0.2, 0) is 6.42 Å². The minimum absolute atomic E-state index is 0.266. The van der Waals surface area contributed by atoms with E-state index in [1.165, 1.54) is 5.56 Å². The number of hydrogen-bond acceptors (Lipinski definition) is 2. The average Bonchev–Trinajstić information content (AvgIpc) is 2.03. The average molecular weight is 196 g/mol. The summed E-state index contributed by atoms with van der Waals surface area (Å²) in [5.74, 6) is 0. The van der Waals surface area contributed by atoms with Gasteiger partial charge >= 0.3 is 6.09 Å². The second-order valence-electron chi connectivity index (χ2n) is 3.01. The molecule has 1 unspecified atom stereocenters. The van der Waals surface area contributed by atoms with Gasteiger partial charge in [0.2, 0.25) is 0 Å². The van der Waals surface area contributed by atoms with Crippen LogP contribution in [0.1, 0.15) is 12.5 Å². The lowest BCUT2D eigenvalue weighted by atomic mass is 10.1. The Kier molecular flexibility index (Phi) is 6.15. The van der Waals surface area contributed by atoms with Crippen molar-refractivity contribution in [3.8, 4) is 0 Å². The Morgan fingerprint density at radius 2 is 1.86 bits per heavy atom. The number of nitrogens with two attached hydrogens (primary N) is 2. The molecule has 0 fully saturated rings. The van der Waals surface area contributed by atoms with Crippen molar-refractivity contribution in [2.45, 2.75) is 19.4 Å². The molecule has 1 atom stereocenters. The van der Waals surface area contributed by atoms with Crippen molar-refractivity contribution in [1.29, 1.82) is 0 Å². The van der Waals surface area contributed by atoms with Crippen molar-refractivity contribution in [3.05, 3.63) is 35.9 Å². The maximum absolute atomic E-state index is 8.78. The molecular formula is C10H16N2O2. The molecule has 0 aromatic heterocycles. The van der Waals surface area contributed by atoms with Gasteiger partial charge in [-0.15, -0.1) is 0 Å². The summed E-state index contributed by atoms with van der Waals surface area (Å²) in [6.45, 7) is 2.02. The first-order valence-corrected chi connectivity index (χ1v) is 4.30. The predicted molar refractivity (Wildman–Crippen MR) is 56.0 cm³/mol.